The first-order chi connectivity index (χ1) is 11.8. The maximum absolute atomic E-state index is 12.6. The summed E-state index contributed by atoms with van der Waals surface area (Å²) in [6, 6.07) is 4.42. The zero-order valence-corrected chi connectivity index (χ0v) is 14.1. The third-order valence-electron chi connectivity index (χ3n) is 4.23. The Labute approximate surface area is 144 Å². The van der Waals surface area contributed by atoms with E-state index in [4.69, 9.17) is 4.74 Å². The van der Waals surface area contributed by atoms with Crippen molar-refractivity contribution in [3.05, 3.63) is 29.3 Å². The SMILES string of the molecule is CC#Cc1ccc(C2C(=O)CCC(CC)C2=O)c(OCC(F)(F)F)c1. The van der Waals surface area contributed by atoms with E-state index >= 15 is 0 Å². The molecule has 3 nitrogen and oxygen atoms in total. The Morgan fingerprint density at radius 3 is 2.60 bits per heavy atom. The summed E-state index contributed by atoms with van der Waals surface area (Å²) in [5.74, 6) is 3.44. The highest BCUT2D eigenvalue weighted by atomic mass is 19.4. The van der Waals surface area contributed by atoms with Gasteiger partial charge in [-0.15, -0.1) is 5.92 Å². The molecule has 2 unspecified atom stereocenters. The maximum atomic E-state index is 12.6. The van der Waals surface area contributed by atoms with Crippen LogP contribution in [0, 0.1) is 17.8 Å². The Bertz CT molecular complexity index is 726. The zero-order valence-electron chi connectivity index (χ0n) is 14.1. The van der Waals surface area contributed by atoms with Gasteiger partial charge in [0.1, 0.15) is 17.5 Å². The van der Waals surface area contributed by atoms with E-state index in [0.29, 0.717) is 18.4 Å². The van der Waals surface area contributed by atoms with Gasteiger partial charge in [-0.3, -0.25) is 9.59 Å². The molecule has 1 aromatic carbocycles. The van der Waals surface area contributed by atoms with Crippen LogP contribution >= 0.6 is 0 Å². The van der Waals surface area contributed by atoms with Crippen molar-refractivity contribution < 1.29 is 27.5 Å². The molecular formula is C19H19F3O3. The highest BCUT2D eigenvalue weighted by Gasteiger charge is 2.39. The predicted octanol–water partition coefficient (Wildman–Crippen LogP) is 4.04. The van der Waals surface area contributed by atoms with Crippen LogP contribution in [0.3, 0.4) is 0 Å². The van der Waals surface area contributed by atoms with Crippen LogP contribution in [-0.2, 0) is 9.59 Å². The molecule has 6 heteroatoms. The van der Waals surface area contributed by atoms with Gasteiger partial charge in [-0.25, -0.2) is 0 Å². The molecule has 1 aliphatic carbocycles. The molecule has 1 saturated carbocycles. The van der Waals surface area contributed by atoms with E-state index in [0.717, 1.165) is 0 Å². The van der Waals surface area contributed by atoms with E-state index in [2.05, 4.69) is 11.8 Å². The van der Waals surface area contributed by atoms with Crippen molar-refractivity contribution in [1.29, 1.82) is 0 Å². The van der Waals surface area contributed by atoms with Gasteiger partial charge < -0.3 is 4.74 Å². The van der Waals surface area contributed by atoms with Gasteiger partial charge in [0, 0.05) is 23.5 Å². The highest BCUT2D eigenvalue weighted by molar-refractivity contribution is 6.10. The maximum Gasteiger partial charge on any atom is 0.422 e. The summed E-state index contributed by atoms with van der Waals surface area (Å²) >= 11 is 0. The first-order valence-electron chi connectivity index (χ1n) is 8.09. The fourth-order valence-electron chi connectivity index (χ4n) is 3.01. The lowest BCUT2D eigenvalue weighted by atomic mass is 9.74. The smallest absolute Gasteiger partial charge is 0.422 e. The van der Waals surface area contributed by atoms with Crippen molar-refractivity contribution in [3.63, 3.8) is 0 Å². The number of ketones is 2. The lowest BCUT2D eigenvalue weighted by molar-refractivity contribution is -0.153. The molecule has 0 amide bonds. The molecule has 1 aliphatic rings. The lowest BCUT2D eigenvalue weighted by Gasteiger charge is -2.27. The second-order valence-electron chi connectivity index (χ2n) is 5.98. The quantitative estimate of drug-likeness (QED) is 0.607. The molecule has 2 rings (SSSR count). The Morgan fingerprint density at radius 2 is 2.00 bits per heavy atom. The predicted molar refractivity (Wildman–Crippen MR) is 86.3 cm³/mol. The molecule has 0 radical (unpaired) electrons. The molecule has 1 aromatic rings. The molecule has 25 heavy (non-hydrogen) atoms. The van der Waals surface area contributed by atoms with E-state index in [9.17, 15) is 22.8 Å². The molecule has 134 valence electrons. The fourth-order valence-corrected chi connectivity index (χ4v) is 3.01. The van der Waals surface area contributed by atoms with E-state index in [1.165, 1.54) is 12.1 Å². The monoisotopic (exact) mass is 352 g/mol. The zero-order chi connectivity index (χ0) is 18.6. The second-order valence-corrected chi connectivity index (χ2v) is 5.98. The number of carbonyl (C=O) groups excluding carboxylic acids is 2. The normalized spacial score (nSPS) is 20.8. The third-order valence-corrected chi connectivity index (χ3v) is 4.23. The number of Topliss-reactive ketones (excluding diaryl/α,β-unsaturated/α-hetero) is 2. The average molecular weight is 352 g/mol. The first-order valence-corrected chi connectivity index (χ1v) is 8.09. The summed E-state index contributed by atoms with van der Waals surface area (Å²) < 4.78 is 42.6. The van der Waals surface area contributed by atoms with Crippen LogP contribution in [0.25, 0.3) is 0 Å². The van der Waals surface area contributed by atoms with Crippen molar-refractivity contribution >= 4 is 11.6 Å². The van der Waals surface area contributed by atoms with E-state index in [-0.39, 0.29) is 35.2 Å². The van der Waals surface area contributed by atoms with Crippen molar-refractivity contribution in [2.45, 2.75) is 45.2 Å². The summed E-state index contributed by atoms with van der Waals surface area (Å²) in [6.45, 7) is 1.97. The van der Waals surface area contributed by atoms with Crippen LogP contribution in [0.5, 0.6) is 5.75 Å². The van der Waals surface area contributed by atoms with Gasteiger partial charge in [0.25, 0.3) is 0 Å². The minimum Gasteiger partial charge on any atom is -0.484 e. The second kappa shape index (κ2) is 7.73. The number of ether oxygens (including phenoxy) is 1. The Morgan fingerprint density at radius 1 is 1.28 bits per heavy atom. The van der Waals surface area contributed by atoms with Crippen molar-refractivity contribution in [2.24, 2.45) is 5.92 Å². The molecule has 0 aliphatic heterocycles. The highest BCUT2D eigenvalue weighted by Crippen LogP contribution is 2.37. The third kappa shape index (κ3) is 4.62. The van der Waals surface area contributed by atoms with Crippen LogP contribution in [0.1, 0.15) is 50.2 Å². The first kappa shape index (κ1) is 19.0. The number of rotatable bonds is 4. The number of alkyl halides is 3. The van der Waals surface area contributed by atoms with Crippen molar-refractivity contribution in [3.8, 4) is 17.6 Å². The minimum atomic E-state index is -4.52. The molecule has 0 saturated heterocycles. The van der Waals surface area contributed by atoms with Crippen LogP contribution < -0.4 is 4.74 Å². The van der Waals surface area contributed by atoms with E-state index < -0.39 is 18.7 Å². The molecule has 0 heterocycles. The van der Waals surface area contributed by atoms with Crippen molar-refractivity contribution in [2.75, 3.05) is 6.61 Å². The number of hydrogen-bond acceptors (Lipinski definition) is 3. The van der Waals surface area contributed by atoms with Crippen LogP contribution in [0.2, 0.25) is 0 Å². The Balaban J connectivity index is 2.44. The Kier molecular flexibility index (Phi) is 5.89. The molecule has 0 spiro atoms. The molecule has 0 bridgehead atoms. The molecule has 2 atom stereocenters. The van der Waals surface area contributed by atoms with Gasteiger partial charge in [0.2, 0.25) is 0 Å². The van der Waals surface area contributed by atoms with Gasteiger partial charge in [-0.1, -0.05) is 18.9 Å². The largest absolute Gasteiger partial charge is 0.484 e. The Hall–Kier alpha value is -2.29. The molecule has 1 fully saturated rings. The van der Waals surface area contributed by atoms with Crippen molar-refractivity contribution in [1.82, 2.24) is 0 Å². The molecular weight excluding hydrogens is 333 g/mol. The summed E-state index contributed by atoms with van der Waals surface area (Å²) in [7, 11) is 0. The lowest BCUT2D eigenvalue weighted by Crippen LogP contribution is -2.34. The number of benzene rings is 1. The van der Waals surface area contributed by atoms with Crippen LogP contribution in [-0.4, -0.2) is 24.3 Å². The van der Waals surface area contributed by atoms with Gasteiger partial charge >= 0.3 is 6.18 Å². The molecule has 0 N–H and O–H groups in total. The van der Waals surface area contributed by atoms with Gasteiger partial charge in [-0.05, 0) is 31.9 Å². The number of carbonyl (C=O) groups is 2. The van der Waals surface area contributed by atoms with Gasteiger partial charge in [-0.2, -0.15) is 13.2 Å². The summed E-state index contributed by atoms with van der Waals surface area (Å²) in [5.41, 5.74) is 0.658. The van der Waals surface area contributed by atoms with E-state index in [1.807, 2.05) is 6.92 Å². The number of hydrogen-bond donors (Lipinski definition) is 0. The average Bonchev–Trinajstić information content (AvgIpc) is 2.54. The van der Waals surface area contributed by atoms with Crippen LogP contribution in [0.4, 0.5) is 13.2 Å². The summed E-state index contributed by atoms with van der Waals surface area (Å²) in [6.07, 6.45) is -3.19. The van der Waals surface area contributed by atoms with Gasteiger partial charge in [0.05, 0.1) is 0 Å². The van der Waals surface area contributed by atoms with E-state index in [1.54, 1.807) is 13.0 Å². The fraction of sp³-hybridized carbons (Fsp3) is 0.474. The van der Waals surface area contributed by atoms with Gasteiger partial charge in [0.15, 0.2) is 12.4 Å². The topological polar surface area (TPSA) is 43.4 Å². The molecule has 0 aromatic heterocycles. The minimum absolute atomic E-state index is 0.110. The summed E-state index contributed by atoms with van der Waals surface area (Å²) in [4.78, 5) is 24.9. The number of halogens is 3. The standard InChI is InChI=1S/C19H19F3O3/c1-3-5-12-6-8-14(16(10-12)25-11-19(20,21)22)17-15(23)9-7-13(4-2)18(17)24/h6,8,10,13,17H,4,7,9,11H2,1-2H3. The van der Waals surface area contributed by atoms with Crippen LogP contribution in [0.15, 0.2) is 18.2 Å². The summed E-state index contributed by atoms with van der Waals surface area (Å²) in [5, 5.41) is 0.